The molecule has 196 valence electrons. The summed E-state index contributed by atoms with van der Waals surface area (Å²) in [5.41, 5.74) is 8.34. The van der Waals surface area contributed by atoms with Crippen molar-refractivity contribution in [1.82, 2.24) is 5.32 Å². The van der Waals surface area contributed by atoms with E-state index in [0.29, 0.717) is 41.8 Å². The van der Waals surface area contributed by atoms with Crippen LogP contribution in [0.25, 0.3) is 0 Å². The largest absolute Gasteiger partial charge is 0.372 e. The fraction of sp³-hybridized carbons (Fsp3) is 0.345. The van der Waals surface area contributed by atoms with Crippen LogP contribution in [0, 0.1) is 17.5 Å². The van der Waals surface area contributed by atoms with Crippen molar-refractivity contribution in [2.75, 3.05) is 11.9 Å². The van der Waals surface area contributed by atoms with Crippen molar-refractivity contribution in [1.29, 1.82) is 0 Å². The van der Waals surface area contributed by atoms with E-state index in [1.54, 1.807) is 30.3 Å². The van der Waals surface area contributed by atoms with Crippen molar-refractivity contribution in [3.63, 3.8) is 0 Å². The predicted octanol–water partition coefficient (Wildman–Crippen LogP) is 4.90. The van der Waals surface area contributed by atoms with Crippen molar-refractivity contribution in [3.8, 4) is 0 Å². The molecule has 1 fully saturated rings. The van der Waals surface area contributed by atoms with Gasteiger partial charge in [0, 0.05) is 29.8 Å². The molecule has 1 aliphatic heterocycles. The van der Waals surface area contributed by atoms with Gasteiger partial charge in [0.1, 0.15) is 17.5 Å². The van der Waals surface area contributed by atoms with Gasteiger partial charge in [0.25, 0.3) is 0 Å². The normalized spacial score (nSPS) is 20.6. The lowest BCUT2D eigenvalue weighted by atomic mass is 9.85. The minimum atomic E-state index is -1.11. The van der Waals surface area contributed by atoms with E-state index in [-0.39, 0.29) is 18.2 Å². The molecule has 0 aliphatic carbocycles. The highest BCUT2D eigenvalue weighted by molar-refractivity contribution is 5.96. The Labute approximate surface area is 215 Å². The highest BCUT2D eigenvalue weighted by atomic mass is 19.1. The number of rotatable bonds is 8. The van der Waals surface area contributed by atoms with E-state index in [1.807, 2.05) is 6.92 Å². The van der Waals surface area contributed by atoms with Gasteiger partial charge in [0.05, 0.1) is 18.2 Å². The Morgan fingerprint density at radius 2 is 1.59 bits per heavy atom. The first-order chi connectivity index (χ1) is 17.7. The molecule has 0 radical (unpaired) electrons. The summed E-state index contributed by atoms with van der Waals surface area (Å²) in [6.07, 6.45) is 0.919. The number of hydrogen-bond donors (Lipinski definition) is 3. The quantitative estimate of drug-likeness (QED) is 0.402. The topological polar surface area (TPSA) is 76.4 Å². The van der Waals surface area contributed by atoms with Crippen molar-refractivity contribution >= 4 is 11.6 Å². The number of amides is 1. The van der Waals surface area contributed by atoms with Gasteiger partial charge in [0.2, 0.25) is 5.91 Å². The highest BCUT2D eigenvalue weighted by Gasteiger charge is 2.29. The Hall–Kier alpha value is -3.20. The van der Waals surface area contributed by atoms with Gasteiger partial charge in [-0.2, -0.15) is 0 Å². The Morgan fingerprint density at radius 3 is 2.16 bits per heavy atom. The van der Waals surface area contributed by atoms with Crippen LogP contribution in [0.4, 0.5) is 18.9 Å². The van der Waals surface area contributed by atoms with Crippen LogP contribution >= 0.6 is 0 Å². The third-order valence-corrected chi connectivity index (χ3v) is 6.99. The van der Waals surface area contributed by atoms with Gasteiger partial charge in [0.15, 0.2) is 0 Å². The van der Waals surface area contributed by atoms with Gasteiger partial charge in [-0.3, -0.25) is 4.79 Å². The maximum Gasteiger partial charge on any atom is 0.242 e. The fourth-order valence-corrected chi connectivity index (χ4v) is 4.67. The first-order valence-electron chi connectivity index (χ1n) is 12.5. The minimum absolute atomic E-state index is 0.0476. The Morgan fingerprint density at radius 1 is 1.00 bits per heavy atom. The molecule has 1 amide bonds. The molecule has 0 spiro atoms. The predicted molar refractivity (Wildman–Crippen MR) is 138 cm³/mol. The van der Waals surface area contributed by atoms with Crippen molar-refractivity contribution in [2.24, 2.45) is 5.73 Å². The number of halogens is 3. The molecule has 0 unspecified atom stereocenters. The van der Waals surface area contributed by atoms with Crippen LogP contribution in [0.1, 0.15) is 42.9 Å². The standard InChI is InChI=1S/C29H32F3N3O2/c1-17-18(2)37-23(16-34-17)14-15-24-25(32)4-3-5-26(24)35-29(36)28(33)27(19-6-10-21(30)11-7-19)20-8-12-22(31)13-9-20/h3-13,17-18,23,27-28,34H,14-16,33H2,1-2H3,(H,35,36)/t17-,18+,23-,28+/m1/s1. The molecule has 5 nitrogen and oxygen atoms in total. The van der Waals surface area contributed by atoms with Crippen LogP contribution in [0.5, 0.6) is 0 Å². The third-order valence-electron chi connectivity index (χ3n) is 6.99. The van der Waals surface area contributed by atoms with E-state index < -0.39 is 35.3 Å². The Bertz CT molecular complexity index is 1160. The lowest BCUT2D eigenvalue weighted by molar-refractivity contribution is -0.117. The summed E-state index contributed by atoms with van der Waals surface area (Å²) in [7, 11) is 0. The summed E-state index contributed by atoms with van der Waals surface area (Å²) < 4.78 is 48.0. The second kappa shape index (κ2) is 11.9. The number of nitrogens with two attached hydrogens (primary N) is 1. The van der Waals surface area contributed by atoms with E-state index in [4.69, 9.17) is 10.5 Å². The molecular formula is C29H32F3N3O2. The van der Waals surface area contributed by atoms with Crippen molar-refractivity contribution < 1.29 is 22.7 Å². The molecule has 0 saturated carbocycles. The van der Waals surface area contributed by atoms with Crippen molar-refractivity contribution in [3.05, 3.63) is 101 Å². The maximum atomic E-state index is 14.8. The first kappa shape index (κ1) is 26.9. The van der Waals surface area contributed by atoms with E-state index >= 15 is 0 Å². The van der Waals surface area contributed by atoms with Crippen LogP contribution in [0.3, 0.4) is 0 Å². The first-order valence-corrected chi connectivity index (χ1v) is 12.5. The molecule has 0 bridgehead atoms. The molecule has 1 saturated heterocycles. The molecule has 0 aromatic heterocycles. The average molecular weight is 512 g/mol. The summed E-state index contributed by atoms with van der Waals surface area (Å²) >= 11 is 0. The van der Waals surface area contributed by atoms with Gasteiger partial charge in [-0.15, -0.1) is 0 Å². The van der Waals surface area contributed by atoms with Crippen LogP contribution in [0.2, 0.25) is 0 Å². The monoisotopic (exact) mass is 511 g/mol. The summed E-state index contributed by atoms with van der Waals surface area (Å²) in [5.74, 6) is -2.49. The van der Waals surface area contributed by atoms with Gasteiger partial charge < -0.3 is 21.1 Å². The molecule has 4 atom stereocenters. The number of anilines is 1. The molecule has 3 aromatic carbocycles. The molecule has 4 rings (SSSR count). The zero-order valence-corrected chi connectivity index (χ0v) is 20.9. The SMILES string of the molecule is C[C@@H]1O[C@H](CCc2c(F)cccc2NC(=O)[C@@H](N)C(c2ccc(F)cc2)c2ccc(F)cc2)CN[C@@H]1C. The van der Waals surface area contributed by atoms with Crippen molar-refractivity contribution in [2.45, 2.75) is 56.9 Å². The van der Waals surface area contributed by atoms with Gasteiger partial charge >= 0.3 is 0 Å². The number of morpholine rings is 1. The zero-order chi connectivity index (χ0) is 26.5. The Kier molecular flexibility index (Phi) is 8.63. The van der Waals surface area contributed by atoms with E-state index in [0.717, 1.165) is 0 Å². The second-order valence-corrected chi connectivity index (χ2v) is 9.56. The summed E-state index contributed by atoms with van der Waals surface area (Å²) in [6.45, 7) is 4.72. The second-order valence-electron chi connectivity index (χ2n) is 9.56. The third kappa shape index (κ3) is 6.57. The van der Waals surface area contributed by atoms with Crippen LogP contribution in [-0.2, 0) is 16.0 Å². The fourth-order valence-electron chi connectivity index (χ4n) is 4.67. The number of ether oxygens (including phenoxy) is 1. The Balaban J connectivity index is 1.53. The number of nitrogens with one attached hydrogen (secondary N) is 2. The maximum absolute atomic E-state index is 14.8. The van der Waals surface area contributed by atoms with Crippen LogP contribution in [-0.4, -0.2) is 36.7 Å². The zero-order valence-electron chi connectivity index (χ0n) is 20.9. The lowest BCUT2D eigenvalue weighted by Gasteiger charge is -2.34. The highest BCUT2D eigenvalue weighted by Crippen LogP contribution is 2.30. The van der Waals surface area contributed by atoms with Gasteiger partial charge in [-0.1, -0.05) is 30.3 Å². The van der Waals surface area contributed by atoms with Gasteiger partial charge in [-0.25, -0.2) is 13.2 Å². The van der Waals surface area contributed by atoms with Gasteiger partial charge in [-0.05, 0) is 74.2 Å². The smallest absolute Gasteiger partial charge is 0.242 e. The molecule has 8 heteroatoms. The molecule has 4 N–H and O–H groups in total. The summed E-state index contributed by atoms with van der Waals surface area (Å²) in [4.78, 5) is 13.3. The van der Waals surface area contributed by atoms with Crippen LogP contribution < -0.4 is 16.4 Å². The average Bonchev–Trinajstić information content (AvgIpc) is 2.88. The lowest BCUT2D eigenvalue weighted by Crippen LogP contribution is -2.49. The summed E-state index contributed by atoms with van der Waals surface area (Å²) in [6, 6.07) is 15.0. The van der Waals surface area contributed by atoms with E-state index in [9.17, 15) is 18.0 Å². The number of hydrogen-bond acceptors (Lipinski definition) is 4. The number of carbonyl (C=O) groups excluding carboxylic acids is 1. The molecule has 37 heavy (non-hydrogen) atoms. The molecule has 1 aliphatic rings. The number of carbonyl (C=O) groups is 1. The molecular weight excluding hydrogens is 479 g/mol. The molecule has 3 aromatic rings. The minimum Gasteiger partial charge on any atom is -0.372 e. The summed E-state index contributed by atoms with van der Waals surface area (Å²) in [5, 5.41) is 6.18. The van der Waals surface area contributed by atoms with E-state index in [2.05, 4.69) is 17.6 Å². The van der Waals surface area contributed by atoms with E-state index in [1.165, 1.54) is 36.4 Å². The van der Waals surface area contributed by atoms with Crippen LogP contribution in [0.15, 0.2) is 66.7 Å². The molecule has 1 heterocycles. The number of benzene rings is 3.